The molecule has 1 saturated carbocycles. The SMILES string of the molecule is O=C1CCN(C(=O)C2(c3ccc(F)cc3)CC2)CCN1. The number of hydrogen-bond acceptors (Lipinski definition) is 2. The Kier molecular flexibility index (Phi) is 3.20. The second-order valence-corrected chi connectivity index (χ2v) is 5.48. The van der Waals surface area contributed by atoms with Crippen molar-refractivity contribution >= 4 is 11.8 Å². The monoisotopic (exact) mass is 276 g/mol. The minimum absolute atomic E-state index is 0.00747. The highest BCUT2D eigenvalue weighted by Gasteiger charge is 2.52. The number of hydrogen-bond donors (Lipinski definition) is 1. The van der Waals surface area contributed by atoms with Crippen molar-refractivity contribution < 1.29 is 14.0 Å². The van der Waals surface area contributed by atoms with Gasteiger partial charge in [-0.05, 0) is 30.5 Å². The zero-order valence-corrected chi connectivity index (χ0v) is 11.2. The van der Waals surface area contributed by atoms with Crippen molar-refractivity contribution in [3.05, 3.63) is 35.6 Å². The van der Waals surface area contributed by atoms with Crippen LogP contribution in [0.3, 0.4) is 0 Å². The Labute approximate surface area is 117 Å². The van der Waals surface area contributed by atoms with Crippen LogP contribution in [0.1, 0.15) is 24.8 Å². The quantitative estimate of drug-likeness (QED) is 0.882. The average molecular weight is 276 g/mol. The summed E-state index contributed by atoms with van der Waals surface area (Å²) in [6.45, 7) is 1.52. The molecule has 5 heteroatoms. The topological polar surface area (TPSA) is 49.4 Å². The average Bonchev–Trinajstić information content (AvgIpc) is 3.24. The van der Waals surface area contributed by atoms with Gasteiger partial charge in [0, 0.05) is 26.1 Å². The van der Waals surface area contributed by atoms with Gasteiger partial charge in [0.25, 0.3) is 0 Å². The van der Waals surface area contributed by atoms with Crippen molar-refractivity contribution in [1.82, 2.24) is 10.2 Å². The van der Waals surface area contributed by atoms with E-state index in [9.17, 15) is 14.0 Å². The lowest BCUT2D eigenvalue weighted by atomic mass is 9.94. The van der Waals surface area contributed by atoms with E-state index in [2.05, 4.69) is 5.32 Å². The van der Waals surface area contributed by atoms with E-state index in [0.717, 1.165) is 18.4 Å². The van der Waals surface area contributed by atoms with E-state index < -0.39 is 5.41 Å². The van der Waals surface area contributed by atoms with Gasteiger partial charge < -0.3 is 10.2 Å². The number of benzene rings is 1. The maximum Gasteiger partial charge on any atom is 0.233 e. The molecular formula is C15H17FN2O2. The van der Waals surface area contributed by atoms with Crippen molar-refractivity contribution in [2.75, 3.05) is 19.6 Å². The molecule has 3 rings (SSSR count). The van der Waals surface area contributed by atoms with Gasteiger partial charge in [0.2, 0.25) is 11.8 Å². The van der Waals surface area contributed by atoms with Crippen LogP contribution < -0.4 is 5.32 Å². The summed E-state index contributed by atoms with van der Waals surface area (Å²) in [5.74, 6) is -0.228. The minimum Gasteiger partial charge on any atom is -0.354 e. The maximum absolute atomic E-state index is 13.0. The predicted octanol–water partition coefficient (Wildman–Crippen LogP) is 1.21. The van der Waals surface area contributed by atoms with Gasteiger partial charge in [-0.15, -0.1) is 0 Å². The molecule has 0 bridgehead atoms. The van der Waals surface area contributed by atoms with Gasteiger partial charge in [-0.1, -0.05) is 12.1 Å². The highest BCUT2D eigenvalue weighted by Crippen LogP contribution is 2.49. The van der Waals surface area contributed by atoms with Crippen LogP contribution in [0.5, 0.6) is 0 Å². The Hall–Kier alpha value is -1.91. The second-order valence-electron chi connectivity index (χ2n) is 5.48. The Morgan fingerprint density at radius 1 is 1.20 bits per heavy atom. The molecule has 0 spiro atoms. The minimum atomic E-state index is -0.485. The molecule has 0 atom stereocenters. The fourth-order valence-corrected chi connectivity index (χ4v) is 2.79. The Balaban J connectivity index is 1.79. The highest BCUT2D eigenvalue weighted by molar-refractivity contribution is 5.92. The molecule has 2 aliphatic rings. The molecule has 4 nitrogen and oxygen atoms in total. The first-order valence-electron chi connectivity index (χ1n) is 6.94. The number of rotatable bonds is 2. The van der Waals surface area contributed by atoms with Gasteiger partial charge >= 0.3 is 0 Å². The largest absolute Gasteiger partial charge is 0.354 e. The summed E-state index contributed by atoms with van der Waals surface area (Å²) in [5.41, 5.74) is 0.397. The summed E-state index contributed by atoms with van der Waals surface area (Å²) < 4.78 is 13.0. The van der Waals surface area contributed by atoms with E-state index in [1.807, 2.05) is 0 Å². The summed E-state index contributed by atoms with van der Waals surface area (Å²) in [6.07, 6.45) is 1.95. The molecule has 0 radical (unpaired) electrons. The van der Waals surface area contributed by atoms with Crippen LogP contribution in [0.2, 0.25) is 0 Å². The fourth-order valence-electron chi connectivity index (χ4n) is 2.79. The Morgan fingerprint density at radius 3 is 2.55 bits per heavy atom. The summed E-state index contributed by atoms with van der Waals surface area (Å²) in [6, 6.07) is 6.19. The van der Waals surface area contributed by atoms with Crippen LogP contribution in [0, 0.1) is 5.82 Å². The van der Waals surface area contributed by atoms with Crippen LogP contribution in [0.25, 0.3) is 0 Å². The first-order valence-corrected chi connectivity index (χ1v) is 6.94. The molecule has 1 N–H and O–H groups in total. The lowest BCUT2D eigenvalue weighted by molar-refractivity contribution is -0.133. The number of amides is 2. The molecule has 1 aliphatic heterocycles. The van der Waals surface area contributed by atoms with Crippen molar-refractivity contribution in [3.8, 4) is 0 Å². The number of halogens is 1. The van der Waals surface area contributed by atoms with E-state index in [0.29, 0.717) is 26.1 Å². The van der Waals surface area contributed by atoms with Crippen LogP contribution in [-0.4, -0.2) is 36.3 Å². The zero-order valence-electron chi connectivity index (χ0n) is 11.2. The zero-order chi connectivity index (χ0) is 14.2. The fraction of sp³-hybridized carbons (Fsp3) is 0.467. The number of nitrogens with one attached hydrogen (secondary N) is 1. The van der Waals surface area contributed by atoms with E-state index in [1.165, 1.54) is 12.1 Å². The first-order chi connectivity index (χ1) is 9.62. The van der Waals surface area contributed by atoms with Gasteiger partial charge in [-0.3, -0.25) is 9.59 Å². The molecule has 1 aromatic carbocycles. The van der Waals surface area contributed by atoms with Gasteiger partial charge in [0.05, 0.1) is 5.41 Å². The molecule has 1 heterocycles. The number of carbonyl (C=O) groups is 2. The third-order valence-corrected chi connectivity index (χ3v) is 4.16. The van der Waals surface area contributed by atoms with Crippen molar-refractivity contribution in [1.29, 1.82) is 0 Å². The summed E-state index contributed by atoms with van der Waals surface area (Å²) in [4.78, 5) is 25.8. The molecule has 1 saturated heterocycles. The molecule has 20 heavy (non-hydrogen) atoms. The van der Waals surface area contributed by atoms with E-state index in [1.54, 1.807) is 17.0 Å². The van der Waals surface area contributed by atoms with E-state index in [-0.39, 0.29) is 17.6 Å². The normalized spacial score (nSPS) is 21.1. The Bertz CT molecular complexity index is 537. The van der Waals surface area contributed by atoms with Crippen molar-refractivity contribution in [2.45, 2.75) is 24.7 Å². The first kappa shape index (κ1) is 13.1. The van der Waals surface area contributed by atoms with E-state index >= 15 is 0 Å². The third kappa shape index (κ3) is 2.28. The second kappa shape index (κ2) is 4.89. The lowest BCUT2D eigenvalue weighted by Gasteiger charge is -2.25. The van der Waals surface area contributed by atoms with Crippen molar-refractivity contribution in [3.63, 3.8) is 0 Å². The standard InChI is InChI=1S/C15H17FN2O2/c16-12-3-1-11(2-4-12)15(6-7-15)14(20)18-9-5-13(19)17-8-10-18/h1-4H,5-10H2,(H,17,19). The number of nitrogens with zero attached hydrogens (tertiary/aromatic N) is 1. The maximum atomic E-state index is 13.0. The van der Waals surface area contributed by atoms with Gasteiger partial charge in [-0.25, -0.2) is 4.39 Å². The molecule has 0 aromatic heterocycles. The van der Waals surface area contributed by atoms with Crippen LogP contribution in [0.4, 0.5) is 4.39 Å². The molecule has 1 aromatic rings. The third-order valence-electron chi connectivity index (χ3n) is 4.16. The van der Waals surface area contributed by atoms with Crippen LogP contribution in [0.15, 0.2) is 24.3 Å². The molecule has 0 unspecified atom stereocenters. The Morgan fingerprint density at radius 2 is 1.90 bits per heavy atom. The highest BCUT2D eigenvalue weighted by atomic mass is 19.1. The van der Waals surface area contributed by atoms with Crippen LogP contribution in [-0.2, 0) is 15.0 Å². The molecule has 2 fully saturated rings. The predicted molar refractivity (Wildman–Crippen MR) is 71.5 cm³/mol. The van der Waals surface area contributed by atoms with Gasteiger partial charge in [0.15, 0.2) is 0 Å². The van der Waals surface area contributed by atoms with Crippen molar-refractivity contribution in [2.24, 2.45) is 0 Å². The molecular weight excluding hydrogens is 259 g/mol. The summed E-state index contributed by atoms with van der Waals surface area (Å²) >= 11 is 0. The lowest BCUT2D eigenvalue weighted by Crippen LogP contribution is -2.41. The molecule has 1 aliphatic carbocycles. The number of carbonyl (C=O) groups excluding carboxylic acids is 2. The van der Waals surface area contributed by atoms with Gasteiger partial charge in [-0.2, -0.15) is 0 Å². The van der Waals surface area contributed by atoms with Crippen LogP contribution >= 0.6 is 0 Å². The summed E-state index contributed by atoms with van der Waals surface area (Å²) in [7, 11) is 0. The molecule has 106 valence electrons. The van der Waals surface area contributed by atoms with Gasteiger partial charge in [0.1, 0.15) is 5.82 Å². The summed E-state index contributed by atoms with van der Waals surface area (Å²) in [5, 5.41) is 2.77. The smallest absolute Gasteiger partial charge is 0.233 e. The molecule has 2 amide bonds. The van der Waals surface area contributed by atoms with E-state index in [4.69, 9.17) is 0 Å².